The number of amides is 2. The first-order valence-corrected chi connectivity index (χ1v) is 5.86. The smallest absolute Gasteiger partial charge is 0.255 e. The van der Waals surface area contributed by atoms with Crippen LogP contribution in [0.25, 0.3) is 0 Å². The predicted octanol–water partition coefficient (Wildman–Crippen LogP) is 0.379. The Morgan fingerprint density at radius 1 is 1.28 bits per heavy atom. The van der Waals surface area contributed by atoms with E-state index in [1.54, 1.807) is 18.3 Å². The minimum Gasteiger partial charge on any atom is -0.370 e. The molecule has 6 heteroatoms. The van der Waals surface area contributed by atoms with E-state index in [2.05, 4.69) is 20.9 Å². The van der Waals surface area contributed by atoms with E-state index in [1.165, 1.54) is 6.92 Å². The summed E-state index contributed by atoms with van der Waals surface area (Å²) in [4.78, 5) is 26.6. The Kier molecular flexibility index (Phi) is 5.63. The molecule has 0 saturated heterocycles. The third-order valence-corrected chi connectivity index (χ3v) is 2.18. The summed E-state index contributed by atoms with van der Waals surface area (Å²) in [5.74, 6) is 0.250. The highest BCUT2D eigenvalue weighted by molar-refractivity contribution is 5.98. The first-order valence-electron chi connectivity index (χ1n) is 5.86. The van der Waals surface area contributed by atoms with E-state index in [4.69, 9.17) is 0 Å². The van der Waals surface area contributed by atoms with E-state index in [0.717, 1.165) is 0 Å². The van der Waals surface area contributed by atoms with Crippen molar-refractivity contribution in [1.29, 1.82) is 0 Å². The number of pyridine rings is 1. The van der Waals surface area contributed by atoms with Crippen molar-refractivity contribution in [1.82, 2.24) is 15.6 Å². The fourth-order valence-electron chi connectivity index (χ4n) is 1.41. The summed E-state index contributed by atoms with van der Waals surface area (Å²) in [6, 6.07) is 3.42. The molecule has 98 valence electrons. The Hall–Kier alpha value is -2.11. The van der Waals surface area contributed by atoms with Gasteiger partial charge in [0.1, 0.15) is 5.82 Å². The fourth-order valence-corrected chi connectivity index (χ4v) is 1.41. The molecule has 0 atom stereocenters. The van der Waals surface area contributed by atoms with E-state index in [9.17, 15) is 9.59 Å². The number of hydrogen-bond donors (Lipinski definition) is 3. The van der Waals surface area contributed by atoms with Crippen LogP contribution in [0.5, 0.6) is 0 Å². The topological polar surface area (TPSA) is 83.1 Å². The van der Waals surface area contributed by atoms with Crippen LogP contribution in [0.2, 0.25) is 0 Å². The maximum atomic E-state index is 11.9. The van der Waals surface area contributed by atoms with Crippen LogP contribution >= 0.6 is 0 Å². The zero-order chi connectivity index (χ0) is 13.4. The zero-order valence-electron chi connectivity index (χ0n) is 10.6. The van der Waals surface area contributed by atoms with Crippen molar-refractivity contribution in [3.05, 3.63) is 23.9 Å². The van der Waals surface area contributed by atoms with Crippen molar-refractivity contribution >= 4 is 17.6 Å². The molecule has 0 aromatic carbocycles. The molecule has 0 bridgehead atoms. The van der Waals surface area contributed by atoms with Gasteiger partial charge in [-0.15, -0.1) is 0 Å². The molecule has 1 aromatic rings. The van der Waals surface area contributed by atoms with Crippen LogP contribution in [0.1, 0.15) is 24.2 Å². The molecule has 2 amide bonds. The van der Waals surface area contributed by atoms with Crippen molar-refractivity contribution in [2.45, 2.75) is 13.8 Å². The summed E-state index contributed by atoms with van der Waals surface area (Å²) in [5.41, 5.74) is 0.502. The number of anilines is 1. The lowest BCUT2D eigenvalue weighted by Crippen LogP contribution is -2.34. The van der Waals surface area contributed by atoms with Gasteiger partial charge >= 0.3 is 0 Å². The molecule has 1 heterocycles. The average molecular weight is 250 g/mol. The van der Waals surface area contributed by atoms with E-state index >= 15 is 0 Å². The molecule has 1 rings (SSSR count). The Balaban J connectivity index is 2.53. The van der Waals surface area contributed by atoms with Crippen molar-refractivity contribution in [3.8, 4) is 0 Å². The third-order valence-electron chi connectivity index (χ3n) is 2.18. The van der Waals surface area contributed by atoms with Crippen molar-refractivity contribution in [2.75, 3.05) is 25.0 Å². The van der Waals surface area contributed by atoms with Crippen molar-refractivity contribution in [3.63, 3.8) is 0 Å². The number of carbonyl (C=O) groups is 2. The van der Waals surface area contributed by atoms with Crippen LogP contribution in [-0.4, -0.2) is 36.4 Å². The van der Waals surface area contributed by atoms with E-state index in [1.807, 2.05) is 6.92 Å². The second-order valence-corrected chi connectivity index (χ2v) is 3.67. The van der Waals surface area contributed by atoms with Crippen molar-refractivity contribution in [2.24, 2.45) is 0 Å². The summed E-state index contributed by atoms with van der Waals surface area (Å²) >= 11 is 0. The van der Waals surface area contributed by atoms with E-state index in [-0.39, 0.29) is 11.8 Å². The monoisotopic (exact) mass is 250 g/mol. The van der Waals surface area contributed by atoms with Crippen LogP contribution in [0.3, 0.4) is 0 Å². The van der Waals surface area contributed by atoms with Crippen LogP contribution in [0, 0.1) is 0 Å². The molecule has 0 unspecified atom stereocenters. The van der Waals surface area contributed by atoms with Gasteiger partial charge in [-0.3, -0.25) is 9.59 Å². The summed E-state index contributed by atoms with van der Waals surface area (Å²) in [5, 5.41) is 8.35. The number of aromatic nitrogens is 1. The molecular weight excluding hydrogens is 232 g/mol. The van der Waals surface area contributed by atoms with E-state index in [0.29, 0.717) is 31.0 Å². The standard InChI is InChI=1S/C12H18N4O2/c1-3-13-11-10(5-4-6-15-11)12(18)16-8-7-14-9(2)17/h4-6H,3,7-8H2,1-2H3,(H,13,15)(H,14,17)(H,16,18). The molecule has 6 nitrogen and oxygen atoms in total. The largest absolute Gasteiger partial charge is 0.370 e. The molecule has 0 aliphatic carbocycles. The van der Waals surface area contributed by atoms with Gasteiger partial charge in [0, 0.05) is 32.8 Å². The Bertz CT molecular complexity index is 420. The van der Waals surface area contributed by atoms with Crippen LogP contribution < -0.4 is 16.0 Å². The number of nitrogens with one attached hydrogen (secondary N) is 3. The molecular formula is C12H18N4O2. The third kappa shape index (κ3) is 4.40. The molecule has 3 N–H and O–H groups in total. The number of hydrogen-bond acceptors (Lipinski definition) is 4. The highest BCUT2D eigenvalue weighted by Gasteiger charge is 2.10. The number of rotatable bonds is 6. The van der Waals surface area contributed by atoms with Gasteiger partial charge in [0.2, 0.25) is 5.91 Å². The molecule has 0 spiro atoms. The minimum absolute atomic E-state index is 0.112. The van der Waals surface area contributed by atoms with Gasteiger partial charge in [-0.2, -0.15) is 0 Å². The first-order chi connectivity index (χ1) is 8.65. The first kappa shape index (κ1) is 14.0. The molecule has 0 radical (unpaired) electrons. The molecule has 0 aliphatic heterocycles. The minimum atomic E-state index is -0.204. The summed E-state index contributed by atoms with van der Waals surface area (Å²) < 4.78 is 0. The highest BCUT2D eigenvalue weighted by Crippen LogP contribution is 2.10. The lowest BCUT2D eigenvalue weighted by molar-refractivity contribution is -0.118. The lowest BCUT2D eigenvalue weighted by atomic mass is 10.2. The lowest BCUT2D eigenvalue weighted by Gasteiger charge is -2.09. The van der Waals surface area contributed by atoms with Gasteiger partial charge in [-0.25, -0.2) is 4.98 Å². The SMILES string of the molecule is CCNc1ncccc1C(=O)NCCNC(C)=O. The van der Waals surface area contributed by atoms with Gasteiger partial charge in [-0.05, 0) is 19.1 Å². The van der Waals surface area contributed by atoms with Crippen molar-refractivity contribution < 1.29 is 9.59 Å². The van der Waals surface area contributed by atoms with Gasteiger partial charge in [-0.1, -0.05) is 0 Å². The molecule has 0 aliphatic rings. The quantitative estimate of drug-likeness (QED) is 0.637. The number of nitrogens with zero attached hydrogens (tertiary/aromatic N) is 1. The number of carbonyl (C=O) groups excluding carboxylic acids is 2. The Labute approximate surface area is 106 Å². The van der Waals surface area contributed by atoms with E-state index < -0.39 is 0 Å². The van der Waals surface area contributed by atoms with Crippen LogP contribution in [0.4, 0.5) is 5.82 Å². The zero-order valence-corrected chi connectivity index (χ0v) is 10.6. The normalized spacial score (nSPS) is 9.67. The van der Waals surface area contributed by atoms with Gasteiger partial charge in [0.15, 0.2) is 0 Å². The molecule has 0 fully saturated rings. The Morgan fingerprint density at radius 2 is 2.00 bits per heavy atom. The fraction of sp³-hybridized carbons (Fsp3) is 0.417. The Morgan fingerprint density at radius 3 is 2.67 bits per heavy atom. The highest BCUT2D eigenvalue weighted by atomic mass is 16.2. The molecule has 0 saturated carbocycles. The maximum Gasteiger partial charge on any atom is 0.255 e. The predicted molar refractivity (Wildman–Crippen MR) is 69.4 cm³/mol. The average Bonchev–Trinajstić information content (AvgIpc) is 2.35. The summed E-state index contributed by atoms with van der Waals surface area (Å²) in [6.07, 6.45) is 1.63. The molecule has 18 heavy (non-hydrogen) atoms. The van der Waals surface area contributed by atoms with Crippen LogP contribution in [-0.2, 0) is 4.79 Å². The summed E-state index contributed by atoms with van der Waals surface area (Å²) in [7, 11) is 0. The maximum absolute atomic E-state index is 11.9. The van der Waals surface area contributed by atoms with Gasteiger partial charge < -0.3 is 16.0 Å². The van der Waals surface area contributed by atoms with Gasteiger partial charge in [0.05, 0.1) is 5.56 Å². The summed E-state index contributed by atoms with van der Waals surface area (Å²) in [6.45, 7) is 4.87. The second-order valence-electron chi connectivity index (χ2n) is 3.67. The van der Waals surface area contributed by atoms with Crippen LogP contribution in [0.15, 0.2) is 18.3 Å². The second kappa shape index (κ2) is 7.26. The van der Waals surface area contributed by atoms with Gasteiger partial charge in [0.25, 0.3) is 5.91 Å². The molecule has 1 aromatic heterocycles.